The highest BCUT2D eigenvalue weighted by molar-refractivity contribution is 6.01. The van der Waals surface area contributed by atoms with Crippen LogP contribution in [0.1, 0.15) is 36.2 Å². The van der Waals surface area contributed by atoms with Gasteiger partial charge in [0, 0.05) is 12.1 Å². The van der Waals surface area contributed by atoms with E-state index in [0.717, 1.165) is 0 Å². The lowest BCUT2D eigenvalue weighted by atomic mass is 10.2. The number of amides is 2. The van der Waals surface area contributed by atoms with Crippen molar-refractivity contribution in [2.24, 2.45) is 5.73 Å². The average molecular weight is 277 g/mol. The molecule has 9 heteroatoms. The van der Waals surface area contributed by atoms with Crippen molar-refractivity contribution in [1.29, 1.82) is 0 Å². The maximum absolute atomic E-state index is 11.9. The first-order valence-electron chi connectivity index (χ1n) is 6.00. The van der Waals surface area contributed by atoms with Crippen molar-refractivity contribution in [3.05, 3.63) is 24.0 Å². The number of aromatic nitrogens is 5. The quantitative estimate of drug-likeness (QED) is 0.700. The normalized spacial score (nSPS) is 10.8. The van der Waals surface area contributed by atoms with E-state index in [9.17, 15) is 9.59 Å². The van der Waals surface area contributed by atoms with Gasteiger partial charge in [0.25, 0.3) is 5.91 Å². The van der Waals surface area contributed by atoms with E-state index in [0.29, 0.717) is 11.5 Å². The summed E-state index contributed by atoms with van der Waals surface area (Å²) in [5.41, 5.74) is 5.48. The summed E-state index contributed by atoms with van der Waals surface area (Å²) in [5.74, 6) is -0.119. The molecular weight excluding hydrogens is 262 g/mol. The third kappa shape index (κ3) is 3.19. The van der Waals surface area contributed by atoms with Crippen molar-refractivity contribution in [2.75, 3.05) is 5.32 Å². The molecule has 0 radical (unpaired) electrons. The average Bonchev–Trinajstić information content (AvgIpc) is 2.97. The fraction of sp³-hybridized carbons (Fsp3) is 0.364. The van der Waals surface area contributed by atoms with Crippen LogP contribution in [-0.4, -0.2) is 36.8 Å². The summed E-state index contributed by atoms with van der Waals surface area (Å²) in [6.07, 6.45) is 2.91. The van der Waals surface area contributed by atoms with Gasteiger partial charge in [-0.1, -0.05) is 13.8 Å². The predicted molar refractivity (Wildman–Crippen MR) is 69.8 cm³/mol. The summed E-state index contributed by atoms with van der Waals surface area (Å²) in [6.45, 7) is 3.83. The lowest BCUT2D eigenvalue weighted by Crippen LogP contribution is -2.18. The highest BCUT2D eigenvalue weighted by Crippen LogP contribution is 2.10. The molecule has 2 rings (SSSR count). The second kappa shape index (κ2) is 5.51. The number of anilines is 1. The molecule has 0 aliphatic rings. The lowest BCUT2D eigenvalue weighted by Gasteiger charge is -1.98. The molecular formula is C11H15N7O2. The van der Waals surface area contributed by atoms with Crippen LogP contribution < -0.4 is 11.1 Å². The molecule has 2 aromatic rings. The first-order valence-corrected chi connectivity index (χ1v) is 6.00. The zero-order chi connectivity index (χ0) is 14.7. The van der Waals surface area contributed by atoms with Crippen molar-refractivity contribution in [3.8, 4) is 0 Å². The number of rotatable bonds is 5. The summed E-state index contributed by atoms with van der Waals surface area (Å²) < 4.78 is 1.33. The zero-order valence-electron chi connectivity index (χ0n) is 11.1. The molecule has 0 bridgehead atoms. The van der Waals surface area contributed by atoms with Crippen LogP contribution in [0, 0.1) is 0 Å². The van der Waals surface area contributed by atoms with E-state index in [-0.39, 0.29) is 18.3 Å². The number of nitrogens with two attached hydrogens (primary N) is 1. The van der Waals surface area contributed by atoms with Crippen LogP contribution in [0.25, 0.3) is 0 Å². The van der Waals surface area contributed by atoms with Gasteiger partial charge in [0.2, 0.25) is 11.7 Å². The van der Waals surface area contributed by atoms with E-state index in [1.165, 1.54) is 17.1 Å². The Morgan fingerprint density at radius 2 is 2.25 bits per heavy atom. The number of hydrogen-bond acceptors (Lipinski definition) is 5. The van der Waals surface area contributed by atoms with Crippen LogP contribution in [0.3, 0.4) is 0 Å². The summed E-state index contributed by atoms with van der Waals surface area (Å²) >= 11 is 0. The number of aromatic amines is 1. The molecule has 2 heterocycles. The Hall–Kier alpha value is -2.71. The lowest BCUT2D eigenvalue weighted by molar-refractivity contribution is -0.118. The van der Waals surface area contributed by atoms with Crippen LogP contribution >= 0.6 is 0 Å². The Labute approximate surface area is 114 Å². The monoisotopic (exact) mass is 277 g/mol. The van der Waals surface area contributed by atoms with Gasteiger partial charge >= 0.3 is 0 Å². The van der Waals surface area contributed by atoms with Crippen LogP contribution in [0.2, 0.25) is 0 Å². The Morgan fingerprint density at radius 3 is 2.85 bits per heavy atom. The van der Waals surface area contributed by atoms with Crippen molar-refractivity contribution < 1.29 is 9.59 Å². The number of carbonyl (C=O) groups excluding carboxylic acids is 2. The maximum atomic E-state index is 11.9. The Balaban J connectivity index is 2.03. The van der Waals surface area contributed by atoms with Crippen molar-refractivity contribution in [1.82, 2.24) is 25.0 Å². The van der Waals surface area contributed by atoms with E-state index >= 15 is 0 Å². The highest BCUT2D eigenvalue weighted by Gasteiger charge is 2.15. The van der Waals surface area contributed by atoms with Gasteiger partial charge in [-0.15, -0.1) is 5.10 Å². The number of H-pyrrole nitrogens is 1. The van der Waals surface area contributed by atoms with Gasteiger partial charge in [0.15, 0.2) is 0 Å². The molecule has 0 unspecified atom stereocenters. The smallest absolute Gasteiger partial charge is 0.295 e. The molecule has 0 aliphatic carbocycles. The van der Waals surface area contributed by atoms with E-state index in [4.69, 9.17) is 5.73 Å². The van der Waals surface area contributed by atoms with Gasteiger partial charge in [0.1, 0.15) is 12.4 Å². The summed E-state index contributed by atoms with van der Waals surface area (Å²) in [5, 5.41) is 13.0. The molecule has 9 nitrogen and oxygen atoms in total. The molecule has 2 aromatic heterocycles. The number of primary amides is 1. The summed E-state index contributed by atoms with van der Waals surface area (Å²) in [4.78, 5) is 26.7. The SMILES string of the molecule is CC(C)c1nc(C(=O)Nc2cnn(CC(N)=O)c2)n[nH]1. The number of hydrogen-bond donors (Lipinski definition) is 3. The topological polar surface area (TPSA) is 132 Å². The first-order chi connectivity index (χ1) is 9.45. The van der Waals surface area contributed by atoms with Crippen molar-refractivity contribution >= 4 is 17.5 Å². The number of nitrogens with zero attached hydrogens (tertiary/aromatic N) is 4. The predicted octanol–water partition coefficient (Wildman–Crippen LogP) is -0.138. The Bertz CT molecular complexity index is 628. The Kier molecular flexibility index (Phi) is 3.78. The molecule has 2 amide bonds. The molecule has 0 aromatic carbocycles. The van der Waals surface area contributed by atoms with Gasteiger partial charge in [-0.3, -0.25) is 19.4 Å². The molecule has 0 fully saturated rings. The third-order valence-electron chi connectivity index (χ3n) is 2.46. The standard InChI is InChI=1S/C11H15N7O2/c1-6(2)9-15-10(17-16-9)11(20)14-7-3-13-18(4-7)5-8(12)19/h3-4,6H,5H2,1-2H3,(H2,12,19)(H,14,20)(H,15,16,17). The van der Waals surface area contributed by atoms with Gasteiger partial charge in [-0.2, -0.15) is 5.10 Å². The molecule has 0 aliphatic heterocycles. The molecule has 106 valence electrons. The molecule has 4 N–H and O–H groups in total. The molecule has 20 heavy (non-hydrogen) atoms. The zero-order valence-corrected chi connectivity index (χ0v) is 11.1. The fourth-order valence-corrected chi connectivity index (χ4v) is 1.50. The van der Waals surface area contributed by atoms with Crippen LogP contribution in [-0.2, 0) is 11.3 Å². The Morgan fingerprint density at radius 1 is 1.50 bits per heavy atom. The number of carbonyl (C=O) groups is 2. The van der Waals surface area contributed by atoms with E-state index in [1.54, 1.807) is 0 Å². The largest absolute Gasteiger partial charge is 0.368 e. The van der Waals surface area contributed by atoms with Crippen molar-refractivity contribution in [3.63, 3.8) is 0 Å². The second-order valence-electron chi connectivity index (χ2n) is 4.55. The highest BCUT2D eigenvalue weighted by atomic mass is 16.2. The molecule has 0 spiro atoms. The maximum Gasteiger partial charge on any atom is 0.295 e. The van der Waals surface area contributed by atoms with Crippen LogP contribution in [0.15, 0.2) is 12.4 Å². The minimum Gasteiger partial charge on any atom is -0.368 e. The van der Waals surface area contributed by atoms with Crippen molar-refractivity contribution in [2.45, 2.75) is 26.3 Å². The number of nitrogens with one attached hydrogen (secondary N) is 2. The van der Waals surface area contributed by atoms with Gasteiger partial charge in [0.05, 0.1) is 11.9 Å². The third-order valence-corrected chi connectivity index (χ3v) is 2.46. The second-order valence-corrected chi connectivity index (χ2v) is 4.55. The minimum absolute atomic E-state index is 0.0476. The van der Waals surface area contributed by atoms with Gasteiger partial charge in [-0.25, -0.2) is 4.98 Å². The molecule has 0 atom stereocenters. The summed E-state index contributed by atoms with van der Waals surface area (Å²) in [6, 6.07) is 0. The fourth-order valence-electron chi connectivity index (χ4n) is 1.50. The minimum atomic E-state index is -0.512. The van der Waals surface area contributed by atoms with E-state index < -0.39 is 11.8 Å². The van der Waals surface area contributed by atoms with E-state index in [2.05, 4.69) is 25.6 Å². The van der Waals surface area contributed by atoms with E-state index in [1.807, 2.05) is 13.8 Å². The van der Waals surface area contributed by atoms with Gasteiger partial charge < -0.3 is 11.1 Å². The van der Waals surface area contributed by atoms with Crippen LogP contribution in [0.5, 0.6) is 0 Å². The summed E-state index contributed by atoms with van der Waals surface area (Å²) in [7, 11) is 0. The first kappa shape index (κ1) is 13.7. The van der Waals surface area contributed by atoms with Crippen LogP contribution in [0.4, 0.5) is 5.69 Å². The molecule has 0 saturated heterocycles. The molecule has 0 saturated carbocycles. The van der Waals surface area contributed by atoms with Gasteiger partial charge in [-0.05, 0) is 0 Å².